The molecule has 0 spiro atoms. The van der Waals surface area contributed by atoms with Crippen LogP contribution in [0.1, 0.15) is 0 Å². The smallest absolute Gasteiger partial charge is 0.0226 e. The van der Waals surface area contributed by atoms with Crippen LogP contribution < -0.4 is 0 Å². The first kappa shape index (κ1) is 13.4. The molecule has 106 valence electrons. The fourth-order valence-electron chi connectivity index (χ4n) is 3.05. The highest BCUT2D eigenvalue weighted by atomic mass is 32.2. The predicted octanol–water partition coefficient (Wildman–Crippen LogP) is 6.38. The fourth-order valence-corrected chi connectivity index (χ4v) is 3.86. The monoisotopic (exact) mass is 300 g/mol. The van der Waals surface area contributed by atoms with Gasteiger partial charge in [0.1, 0.15) is 0 Å². The van der Waals surface area contributed by atoms with E-state index in [1.807, 2.05) is 11.8 Å². The van der Waals surface area contributed by atoms with Crippen molar-refractivity contribution >= 4 is 33.3 Å². The summed E-state index contributed by atoms with van der Waals surface area (Å²) in [6, 6.07) is 28.3. The van der Waals surface area contributed by atoms with Crippen molar-refractivity contribution < 1.29 is 0 Å². The lowest BCUT2D eigenvalue weighted by Crippen LogP contribution is -1.85. The third kappa shape index (κ3) is 2.18. The number of hydrogen-bond donors (Lipinski definition) is 0. The van der Waals surface area contributed by atoms with Crippen LogP contribution in [0.2, 0.25) is 0 Å². The quantitative estimate of drug-likeness (QED) is 0.387. The van der Waals surface area contributed by atoms with E-state index in [0.29, 0.717) is 0 Å². The molecule has 0 aliphatic carbocycles. The van der Waals surface area contributed by atoms with E-state index in [9.17, 15) is 0 Å². The Balaban J connectivity index is 1.99. The molecule has 0 heterocycles. The molecule has 0 amide bonds. The van der Waals surface area contributed by atoms with Gasteiger partial charge in [-0.2, -0.15) is 0 Å². The van der Waals surface area contributed by atoms with Gasteiger partial charge >= 0.3 is 0 Å². The van der Waals surface area contributed by atoms with Crippen molar-refractivity contribution in [2.24, 2.45) is 0 Å². The van der Waals surface area contributed by atoms with Gasteiger partial charge in [-0.25, -0.2) is 0 Å². The van der Waals surface area contributed by atoms with Crippen LogP contribution in [-0.4, -0.2) is 6.26 Å². The molecular weight excluding hydrogens is 284 g/mol. The summed E-state index contributed by atoms with van der Waals surface area (Å²) in [5.41, 5.74) is 2.60. The van der Waals surface area contributed by atoms with Gasteiger partial charge in [-0.15, -0.1) is 11.8 Å². The van der Waals surface area contributed by atoms with Gasteiger partial charge in [-0.1, -0.05) is 72.8 Å². The third-order valence-electron chi connectivity index (χ3n) is 4.14. The number of fused-ring (bicyclic) bond motifs is 2. The van der Waals surface area contributed by atoms with Crippen molar-refractivity contribution in [1.29, 1.82) is 0 Å². The van der Waals surface area contributed by atoms with Crippen molar-refractivity contribution in [2.45, 2.75) is 4.90 Å². The zero-order valence-electron chi connectivity index (χ0n) is 12.4. The van der Waals surface area contributed by atoms with Crippen LogP contribution >= 0.6 is 11.8 Å². The first-order valence-corrected chi connectivity index (χ1v) is 8.64. The van der Waals surface area contributed by atoms with E-state index in [2.05, 4.69) is 85.1 Å². The molecule has 4 aromatic rings. The summed E-state index contributed by atoms with van der Waals surface area (Å²) in [6.07, 6.45) is 2.16. The van der Waals surface area contributed by atoms with E-state index in [1.165, 1.54) is 37.6 Å². The van der Waals surface area contributed by atoms with Gasteiger partial charge in [0.05, 0.1) is 0 Å². The van der Waals surface area contributed by atoms with Crippen LogP contribution in [0.4, 0.5) is 0 Å². The Labute approximate surface area is 134 Å². The molecule has 0 aliphatic heterocycles. The van der Waals surface area contributed by atoms with Gasteiger partial charge in [-0.05, 0) is 45.0 Å². The van der Waals surface area contributed by atoms with Crippen molar-refractivity contribution in [3.05, 3.63) is 78.9 Å². The Morgan fingerprint density at radius 1 is 0.636 bits per heavy atom. The van der Waals surface area contributed by atoms with Gasteiger partial charge in [0.15, 0.2) is 0 Å². The first-order chi connectivity index (χ1) is 10.9. The standard InChI is InChI=1S/C21H16S/c1-22-21-19-9-5-4-7-16(19)12-13-20(21)18-11-10-15-6-2-3-8-17(15)14-18/h2-14H,1H3. The third-order valence-corrected chi connectivity index (χ3v) is 4.99. The maximum Gasteiger partial charge on any atom is 0.0226 e. The zero-order valence-corrected chi connectivity index (χ0v) is 13.2. The first-order valence-electron chi connectivity index (χ1n) is 7.42. The Morgan fingerprint density at radius 3 is 2.14 bits per heavy atom. The maximum atomic E-state index is 2.29. The predicted molar refractivity (Wildman–Crippen MR) is 98.7 cm³/mol. The molecule has 0 nitrogen and oxygen atoms in total. The van der Waals surface area contributed by atoms with Crippen LogP contribution in [0.3, 0.4) is 0 Å². The highest BCUT2D eigenvalue weighted by Gasteiger charge is 2.09. The molecule has 0 saturated heterocycles. The summed E-state index contributed by atoms with van der Waals surface area (Å²) in [5, 5.41) is 5.22. The minimum absolute atomic E-state index is 1.29. The molecule has 4 rings (SSSR count). The summed E-state index contributed by atoms with van der Waals surface area (Å²) < 4.78 is 0. The van der Waals surface area contributed by atoms with Crippen molar-refractivity contribution in [1.82, 2.24) is 0 Å². The second-order valence-corrected chi connectivity index (χ2v) is 6.25. The van der Waals surface area contributed by atoms with Gasteiger partial charge < -0.3 is 0 Å². The number of thioether (sulfide) groups is 1. The van der Waals surface area contributed by atoms with E-state index < -0.39 is 0 Å². The number of benzene rings is 4. The van der Waals surface area contributed by atoms with Crippen LogP contribution in [0.5, 0.6) is 0 Å². The van der Waals surface area contributed by atoms with Crippen molar-refractivity contribution in [2.75, 3.05) is 6.26 Å². The molecule has 22 heavy (non-hydrogen) atoms. The van der Waals surface area contributed by atoms with E-state index in [4.69, 9.17) is 0 Å². The molecule has 0 saturated carbocycles. The van der Waals surface area contributed by atoms with Crippen LogP contribution in [0, 0.1) is 0 Å². The Kier molecular flexibility index (Phi) is 3.36. The molecule has 0 atom stereocenters. The molecule has 0 unspecified atom stereocenters. The van der Waals surface area contributed by atoms with E-state index in [1.54, 1.807) is 0 Å². The lowest BCUT2D eigenvalue weighted by molar-refractivity contribution is 1.52. The van der Waals surface area contributed by atoms with E-state index in [-0.39, 0.29) is 0 Å². The van der Waals surface area contributed by atoms with Crippen molar-refractivity contribution in [3.8, 4) is 11.1 Å². The van der Waals surface area contributed by atoms with E-state index >= 15 is 0 Å². The second-order valence-electron chi connectivity index (χ2n) is 5.43. The normalized spacial score (nSPS) is 11.1. The number of hydrogen-bond acceptors (Lipinski definition) is 1. The van der Waals surface area contributed by atoms with Gasteiger partial charge in [0.25, 0.3) is 0 Å². The second kappa shape index (κ2) is 5.51. The minimum atomic E-state index is 1.29. The zero-order chi connectivity index (χ0) is 14.9. The lowest BCUT2D eigenvalue weighted by Gasteiger charge is -2.12. The molecule has 0 bridgehead atoms. The van der Waals surface area contributed by atoms with Gasteiger partial charge in [0.2, 0.25) is 0 Å². The SMILES string of the molecule is CSc1c(-c2ccc3ccccc3c2)ccc2ccccc12. The fraction of sp³-hybridized carbons (Fsp3) is 0.0476. The largest absolute Gasteiger partial charge is 0.128 e. The lowest BCUT2D eigenvalue weighted by atomic mass is 9.98. The average molecular weight is 300 g/mol. The highest BCUT2D eigenvalue weighted by Crippen LogP contribution is 2.37. The van der Waals surface area contributed by atoms with Crippen LogP contribution in [0.15, 0.2) is 83.8 Å². The van der Waals surface area contributed by atoms with Crippen LogP contribution in [-0.2, 0) is 0 Å². The molecule has 0 radical (unpaired) electrons. The maximum absolute atomic E-state index is 2.29. The molecule has 0 fully saturated rings. The van der Waals surface area contributed by atoms with E-state index in [0.717, 1.165) is 0 Å². The summed E-state index contributed by atoms with van der Waals surface area (Å²) in [7, 11) is 0. The minimum Gasteiger partial charge on any atom is -0.128 e. The Hall–Kier alpha value is -2.25. The average Bonchev–Trinajstić information content (AvgIpc) is 2.60. The molecule has 1 heteroatoms. The number of rotatable bonds is 2. The summed E-state index contributed by atoms with van der Waals surface area (Å²) in [4.78, 5) is 1.35. The summed E-state index contributed by atoms with van der Waals surface area (Å²) >= 11 is 1.83. The molecule has 4 aromatic carbocycles. The topological polar surface area (TPSA) is 0 Å². The highest BCUT2D eigenvalue weighted by molar-refractivity contribution is 7.99. The van der Waals surface area contributed by atoms with Crippen molar-refractivity contribution in [3.63, 3.8) is 0 Å². The molecular formula is C21H16S. The molecule has 0 aromatic heterocycles. The summed E-state index contributed by atoms with van der Waals surface area (Å²) in [5.74, 6) is 0. The Bertz CT molecular complexity index is 970. The van der Waals surface area contributed by atoms with Gasteiger partial charge in [-0.3, -0.25) is 0 Å². The molecule has 0 N–H and O–H groups in total. The molecule has 0 aliphatic rings. The summed E-state index contributed by atoms with van der Waals surface area (Å²) in [6.45, 7) is 0. The van der Waals surface area contributed by atoms with Gasteiger partial charge in [0, 0.05) is 4.90 Å². The Morgan fingerprint density at radius 2 is 1.32 bits per heavy atom. The van der Waals surface area contributed by atoms with Crippen LogP contribution in [0.25, 0.3) is 32.7 Å².